The first-order chi connectivity index (χ1) is 6.52. The molecule has 1 aromatic heterocycles. The van der Waals surface area contributed by atoms with Gasteiger partial charge in [0.05, 0.1) is 13.4 Å². The second kappa shape index (κ2) is 4.01. The maximum Gasteiger partial charge on any atom is 0.266 e. The van der Waals surface area contributed by atoms with Crippen LogP contribution in [0.4, 0.5) is 0 Å². The van der Waals surface area contributed by atoms with Crippen molar-refractivity contribution in [3.63, 3.8) is 0 Å². The number of halogens is 4. The van der Waals surface area contributed by atoms with Gasteiger partial charge in [-0.1, -0.05) is 0 Å². The number of benzene rings is 1. The Bertz CT molecular complexity index is 525. The highest BCUT2D eigenvalue weighted by Crippen LogP contribution is 2.42. The normalized spacial score (nSPS) is 11.1. The van der Waals surface area contributed by atoms with E-state index in [1.165, 1.54) is 0 Å². The van der Waals surface area contributed by atoms with Crippen LogP contribution in [0.1, 0.15) is 0 Å². The molecule has 0 spiro atoms. The molecule has 2 nitrogen and oxygen atoms in total. The summed E-state index contributed by atoms with van der Waals surface area (Å²) < 4.78 is 8.84. The Morgan fingerprint density at radius 3 is 2.14 bits per heavy atom. The quantitative estimate of drug-likeness (QED) is 0.314. The third-order valence-electron chi connectivity index (χ3n) is 1.65. The summed E-state index contributed by atoms with van der Waals surface area (Å²) in [6.07, 6.45) is 0. The van der Waals surface area contributed by atoms with Crippen molar-refractivity contribution in [2.75, 3.05) is 0 Å². The van der Waals surface area contributed by atoms with Crippen molar-refractivity contribution in [3.05, 3.63) is 22.7 Å². The van der Waals surface area contributed by atoms with Crippen molar-refractivity contribution in [1.82, 2.24) is 4.98 Å². The first kappa shape index (κ1) is 11.3. The van der Waals surface area contributed by atoms with E-state index in [1.807, 2.05) is 0 Å². The summed E-state index contributed by atoms with van der Waals surface area (Å²) in [6.45, 7) is 0. The van der Waals surface area contributed by atoms with Gasteiger partial charge >= 0.3 is 0 Å². The number of oxazole rings is 1. The molecule has 1 N–H and O–H groups in total. The Hall–Kier alpha value is 0.830. The zero-order valence-corrected chi connectivity index (χ0v) is 13.5. The molecule has 0 bridgehead atoms. The predicted octanol–water partition coefficient (Wildman–Crippen LogP) is 5.54. The third kappa shape index (κ3) is 1.67. The molecule has 74 valence electrons. The largest absolute Gasteiger partial charge is 0.428 e. The Morgan fingerprint density at radius 1 is 0.929 bits per heavy atom. The van der Waals surface area contributed by atoms with Gasteiger partial charge in [0.15, 0.2) is 5.58 Å². The number of H-pyrrole nitrogens is 1. The van der Waals surface area contributed by atoms with E-state index in [1.54, 1.807) is 0 Å². The van der Waals surface area contributed by atoms with E-state index >= 15 is 0 Å². The first-order valence-corrected chi connectivity index (χ1v) is 6.95. The molecule has 2 rings (SSSR count). The van der Waals surface area contributed by atoms with Crippen LogP contribution in [0.25, 0.3) is 11.1 Å². The number of hydrogen-bond acceptors (Lipinski definition) is 2. The Kier molecular flexibility index (Phi) is 3.24. The van der Waals surface area contributed by atoms with Crippen LogP contribution in [0.2, 0.25) is 0 Å². The van der Waals surface area contributed by atoms with Gasteiger partial charge in [0.25, 0.3) is 4.84 Å². The number of rotatable bonds is 0. The molecule has 0 aliphatic rings. The zero-order chi connectivity index (χ0) is 10.5. The summed E-state index contributed by atoms with van der Waals surface area (Å²) in [6, 6.07) is 0. The highest BCUT2D eigenvalue weighted by Gasteiger charge is 2.16. The molecule has 0 unspecified atom stereocenters. The van der Waals surface area contributed by atoms with E-state index in [9.17, 15) is 0 Å². The van der Waals surface area contributed by atoms with Crippen LogP contribution < -0.4 is 0 Å². The van der Waals surface area contributed by atoms with E-state index in [-0.39, 0.29) is 0 Å². The third-order valence-corrected chi connectivity index (χ3v) is 6.56. The average molecular weight is 467 g/mol. The van der Waals surface area contributed by atoms with Gasteiger partial charge in [-0.25, -0.2) is 0 Å². The monoisotopic (exact) mass is 463 g/mol. The van der Waals surface area contributed by atoms with E-state index in [4.69, 9.17) is 16.6 Å². The van der Waals surface area contributed by atoms with Crippen molar-refractivity contribution in [1.29, 1.82) is 0 Å². The summed E-state index contributed by atoms with van der Waals surface area (Å²) in [5.41, 5.74) is 1.52. The maximum atomic E-state index is 5.35. The molecular formula is C7HBr4NOS. The van der Waals surface area contributed by atoms with Crippen LogP contribution >= 0.6 is 75.9 Å². The molecule has 0 atom stereocenters. The number of hydrogen-bond donors (Lipinski definition) is 1. The molecule has 14 heavy (non-hydrogen) atoms. The number of aromatic amines is 1. The summed E-state index contributed by atoms with van der Waals surface area (Å²) in [7, 11) is 0. The smallest absolute Gasteiger partial charge is 0.266 e. The van der Waals surface area contributed by atoms with Crippen molar-refractivity contribution in [2.24, 2.45) is 0 Å². The average Bonchev–Trinajstić information content (AvgIpc) is 2.54. The molecule has 0 aliphatic heterocycles. The van der Waals surface area contributed by atoms with E-state index in [2.05, 4.69) is 68.7 Å². The second-order valence-electron chi connectivity index (χ2n) is 2.47. The standard InChI is InChI=1S/C7HBr4NOS/c8-1-2(9)4(11)6-5(3(1)10)12-7(14)13-6/h(H,12,14). The highest BCUT2D eigenvalue weighted by atomic mass is 79.9. The lowest BCUT2D eigenvalue weighted by atomic mass is 10.3. The van der Waals surface area contributed by atoms with Crippen LogP contribution in [0, 0.1) is 4.84 Å². The van der Waals surface area contributed by atoms with E-state index in [0.29, 0.717) is 10.4 Å². The topological polar surface area (TPSA) is 28.9 Å². The minimum Gasteiger partial charge on any atom is -0.428 e. The second-order valence-corrected chi connectivity index (χ2v) is 6.02. The van der Waals surface area contributed by atoms with Gasteiger partial charge in [-0.3, -0.25) is 0 Å². The zero-order valence-electron chi connectivity index (χ0n) is 6.33. The van der Waals surface area contributed by atoms with Crippen LogP contribution in [0.15, 0.2) is 22.3 Å². The van der Waals surface area contributed by atoms with Crippen molar-refractivity contribution >= 4 is 87.0 Å². The van der Waals surface area contributed by atoms with Gasteiger partial charge in [0, 0.05) is 4.47 Å². The fourth-order valence-corrected chi connectivity index (χ4v) is 3.49. The van der Waals surface area contributed by atoms with Crippen LogP contribution in [0.3, 0.4) is 0 Å². The number of aromatic nitrogens is 1. The van der Waals surface area contributed by atoms with E-state index < -0.39 is 0 Å². The molecule has 2 aromatic rings. The number of nitrogens with one attached hydrogen (secondary N) is 1. The molecule has 1 heterocycles. The fraction of sp³-hybridized carbons (Fsp3) is 0. The van der Waals surface area contributed by atoms with Gasteiger partial charge in [-0.15, -0.1) is 0 Å². The molecule has 0 fully saturated rings. The maximum absolute atomic E-state index is 5.35. The first-order valence-electron chi connectivity index (χ1n) is 3.37. The van der Waals surface area contributed by atoms with Crippen molar-refractivity contribution in [2.45, 2.75) is 0 Å². The summed E-state index contributed by atoms with van der Waals surface area (Å²) in [5.74, 6) is 0. The predicted molar refractivity (Wildman–Crippen MR) is 72.2 cm³/mol. The lowest BCUT2D eigenvalue weighted by Gasteiger charge is -2.03. The van der Waals surface area contributed by atoms with Gasteiger partial charge in [0.2, 0.25) is 0 Å². The van der Waals surface area contributed by atoms with Gasteiger partial charge < -0.3 is 9.40 Å². The van der Waals surface area contributed by atoms with Crippen LogP contribution in [-0.2, 0) is 0 Å². The minimum atomic E-state index is 0.353. The van der Waals surface area contributed by atoms with Crippen LogP contribution in [-0.4, -0.2) is 4.98 Å². The Labute approximate surface area is 118 Å². The van der Waals surface area contributed by atoms with Gasteiger partial charge in [-0.05, 0) is 75.9 Å². The van der Waals surface area contributed by atoms with Crippen LogP contribution in [0.5, 0.6) is 0 Å². The molecule has 1 aromatic carbocycles. The van der Waals surface area contributed by atoms with Gasteiger partial charge in [-0.2, -0.15) is 0 Å². The van der Waals surface area contributed by atoms with Gasteiger partial charge in [0.1, 0.15) is 5.52 Å². The highest BCUT2D eigenvalue weighted by molar-refractivity contribution is 9.15. The lowest BCUT2D eigenvalue weighted by molar-refractivity contribution is 0.581. The van der Waals surface area contributed by atoms with Crippen molar-refractivity contribution < 1.29 is 4.42 Å². The number of fused-ring (bicyclic) bond motifs is 1. The minimum absolute atomic E-state index is 0.353. The molecular weight excluding hydrogens is 466 g/mol. The molecule has 0 radical (unpaired) electrons. The molecule has 0 saturated carbocycles. The molecule has 7 heteroatoms. The molecule has 0 amide bonds. The SMILES string of the molecule is S=c1[nH]c2c(Br)c(Br)c(Br)c(Br)c2o1. The molecule has 0 aliphatic carbocycles. The fourth-order valence-electron chi connectivity index (χ4n) is 1.04. The summed E-state index contributed by atoms with van der Waals surface area (Å²) in [4.78, 5) is 3.31. The van der Waals surface area contributed by atoms with Crippen molar-refractivity contribution in [3.8, 4) is 0 Å². The molecule has 0 saturated heterocycles. The lowest BCUT2D eigenvalue weighted by Crippen LogP contribution is -1.79. The summed E-state index contributed by atoms with van der Waals surface area (Å²) >= 11 is 18.7. The van der Waals surface area contributed by atoms with E-state index in [0.717, 1.165) is 23.4 Å². The Balaban J connectivity index is 3.08. The Morgan fingerprint density at radius 2 is 1.50 bits per heavy atom. The summed E-state index contributed by atoms with van der Waals surface area (Å²) in [5, 5.41) is 0.